The lowest BCUT2D eigenvalue weighted by atomic mass is 10.0. The smallest absolute Gasteiger partial charge is 0.154 e. The molecule has 0 N–H and O–H groups in total. The van der Waals surface area contributed by atoms with E-state index in [1.165, 1.54) is 0 Å². The van der Waals surface area contributed by atoms with Crippen LogP contribution in [0.4, 0.5) is 0 Å². The van der Waals surface area contributed by atoms with Gasteiger partial charge in [-0.05, 0) is 19.9 Å². The molecule has 3 heteroatoms. The Morgan fingerprint density at radius 2 is 2.07 bits per heavy atom. The molecule has 1 heterocycles. The molecule has 78 valence electrons. The molecule has 3 nitrogen and oxygen atoms in total. The molecule has 0 saturated heterocycles. The van der Waals surface area contributed by atoms with Gasteiger partial charge in [0.2, 0.25) is 0 Å². The van der Waals surface area contributed by atoms with Gasteiger partial charge in [-0.1, -0.05) is 0 Å². The number of carbonyl (C=O) groups is 1. The van der Waals surface area contributed by atoms with Gasteiger partial charge >= 0.3 is 0 Å². The van der Waals surface area contributed by atoms with Crippen molar-refractivity contribution in [2.45, 2.75) is 13.8 Å². The molecule has 0 fully saturated rings. The molecule has 0 aliphatic carbocycles. The Hall–Kier alpha value is -1.77. The molecule has 1 aromatic carbocycles. The SMILES string of the molecule is COc1c(C)c(C=O)c2occc2c1C. The third-order valence-electron chi connectivity index (χ3n) is 2.72. The second-order valence-electron chi connectivity index (χ2n) is 3.48. The summed E-state index contributed by atoms with van der Waals surface area (Å²) in [5.74, 6) is 0.756. The summed E-state index contributed by atoms with van der Waals surface area (Å²) in [5, 5.41) is 0.930. The Morgan fingerprint density at radius 1 is 1.33 bits per heavy atom. The van der Waals surface area contributed by atoms with Crippen LogP contribution in [0.3, 0.4) is 0 Å². The number of fused-ring (bicyclic) bond motifs is 1. The van der Waals surface area contributed by atoms with Crippen LogP contribution in [-0.4, -0.2) is 13.4 Å². The zero-order valence-electron chi connectivity index (χ0n) is 8.96. The number of aldehydes is 1. The third-order valence-corrected chi connectivity index (χ3v) is 2.72. The summed E-state index contributed by atoms with van der Waals surface area (Å²) >= 11 is 0. The second kappa shape index (κ2) is 3.42. The summed E-state index contributed by atoms with van der Waals surface area (Å²) in [4.78, 5) is 11.0. The lowest BCUT2D eigenvalue weighted by molar-refractivity contribution is 0.112. The predicted octanol–water partition coefficient (Wildman–Crippen LogP) is 2.87. The Bertz CT molecular complexity index is 523. The minimum Gasteiger partial charge on any atom is -0.496 e. The molecular weight excluding hydrogens is 192 g/mol. The van der Waals surface area contributed by atoms with Crippen LogP contribution in [0.15, 0.2) is 16.7 Å². The van der Waals surface area contributed by atoms with Crippen molar-refractivity contribution in [3.8, 4) is 5.75 Å². The molecule has 15 heavy (non-hydrogen) atoms. The van der Waals surface area contributed by atoms with E-state index in [4.69, 9.17) is 9.15 Å². The molecule has 0 radical (unpaired) electrons. The van der Waals surface area contributed by atoms with Gasteiger partial charge < -0.3 is 9.15 Å². The molecule has 2 rings (SSSR count). The first kappa shape index (κ1) is 9.77. The van der Waals surface area contributed by atoms with Crippen molar-refractivity contribution < 1.29 is 13.9 Å². The highest BCUT2D eigenvalue weighted by atomic mass is 16.5. The number of furan rings is 1. The van der Waals surface area contributed by atoms with Crippen molar-refractivity contribution in [2.75, 3.05) is 7.11 Å². The highest BCUT2D eigenvalue weighted by molar-refractivity contribution is 5.99. The van der Waals surface area contributed by atoms with Crippen LogP contribution in [0.25, 0.3) is 11.0 Å². The maximum absolute atomic E-state index is 11.0. The van der Waals surface area contributed by atoms with Gasteiger partial charge in [-0.25, -0.2) is 0 Å². The fourth-order valence-electron chi connectivity index (χ4n) is 1.96. The molecule has 0 aliphatic rings. The van der Waals surface area contributed by atoms with Crippen LogP contribution >= 0.6 is 0 Å². The van der Waals surface area contributed by atoms with E-state index in [1.807, 2.05) is 19.9 Å². The van der Waals surface area contributed by atoms with Gasteiger partial charge in [-0.3, -0.25) is 4.79 Å². The van der Waals surface area contributed by atoms with E-state index in [2.05, 4.69) is 0 Å². The standard InChI is InChI=1S/C12H12O3/c1-7-9-4-5-15-12(9)10(6-13)8(2)11(7)14-3/h4-6H,1-3H3. The number of carbonyl (C=O) groups excluding carboxylic acids is 1. The molecule has 0 spiro atoms. The molecule has 1 aromatic heterocycles. The van der Waals surface area contributed by atoms with Gasteiger partial charge in [0.1, 0.15) is 11.3 Å². The summed E-state index contributed by atoms with van der Waals surface area (Å²) in [6.07, 6.45) is 2.40. The van der Waals surface area contributed by atoms with E-state index in [0.717, 1.165) is 28.5 Å². The number of hydrogen-bond donors (Lipinski definition) is 0. The third kappa shape index (κ3) is 1.23. The van der Waals surface area contributed by atoms with E-state index < -0.39 is 0 Å². The zero-order valence-corrected chi connectivity index (χ0v) is 8.96. The quantitative estimate of drug-likeness (QED) is 0.706. The lowest BCUT2D eigenvalue weighted by Gasteiger charge is -2.11. The van der Waals surface area contributed by atoms with Crippen molar-refractivity contribution in [1.82, 2.24) is 0 Å². The predicted molar refractivity (Wildman–Crippen MR) is 57.6 cm³/mol. The zero-order chi connectivity index (χ0) is 11.0. The van der Waals surface area contributed by atoms with Gasteiger partial charge in [0.25, 0.3) is 0 Å². The van der Waals surface area contributed by atoms with Crippen LogP contribution in [0.1, 0.15) is 21.5 Å². The van der Waals surface area contributed by atoms with Crippen molar-refractivity contribution in [3.63, 3.8) is 0 Å². The normalized spacial score (nSPS) is 10.6. The minimum atomic E-state index is 0.567. The van der Waals surface area contributed by atoms with Crippen LogP contribution in [0.5, 0.6) is 5.75 Å². The minimum absolute atomic E-state index is 0.567. The van der Waals surface area contributed by atoms with Crippen molar-refractivity contribution >= 4 is 17.3 Å². The fraction of sp³-hybridized carbons (Fsp3) is 0.250. The van der Waals surface area contributed by atoms with E-state index >= 15 is 0 Å². The average Bonchev–Trinajstić information content (AvgIpc) is 2.68. The van der Waals surface area contributed by atoms with Crippen LogP contribution in [0, 0.1) is 13.8 Å². The lowest BCUT2D eigenvalue weighted by Crippen LogP contribution is -1.96. The topological polar surface area (TPSA) is 39.4 Å². The second-order valence-corrected chi connectivity index (χ2v) is 3.48. The summed E-state index contributed by atoms with van der Waals surface area (Å²) in [6, 6.07) is 1.85. The van der Waals surface area contributed by atoms with Crippen LogP contribution in [-0.2, 0) is 0 Å². The number of aryl methyl sites for hydroxylation is 1. The molecule has 0 unspecified atom stereocenters. The largest absolute Gasteiger partial charge is 0.496 e. The molecule has 0 atom stereocenters. The highest BCUT2D eigenvalue weighted by Gasteiger charge is 2.16. The van der Waals surface area contributed by atoms with E-state index in [-0.39, 0.29) is 0 Å². The maximum Gasteiger partial charge on any atom is 0.154 e. The van der Waals surface area contributed by atoms with Crippen LogP contribution in [0.2, 0.25) is 0 Å². The Morgan fingerprint density at radius 3 is 2.67 bits per heavy atom. The first-order valence-corrected chi connectivity index (χ1v) is 4.70. The summed E-state index contributed by atoms with van der Waals surface area (Å²) in [7, 11) is 1.61. The van der Waals surface area contributed by atoms with Gasteiger partial charge in [0.05, 0.1) is 18.9 Å². The average molecular weight is 204 g/mol. The molecule has 0 bridgehead atoms. The molecular formula is C12H12O3. The summed E-state index contributed by atoms with van der Waals surface area (Å²) < 4.78 is 10.6. The maximum atomic E-state index is 11.0. The number of methoxy groups -OCH3 is 1. The first-order chi connectivity index (χ1) is 7.20. The van der Waals surface area contributed by atoms with Crippen molar-refractivity contribution in [3.05, 3.63) is 29.0 Å². The number of benzene rings is 1. The van der Waals surface area contributed by atoms with Crippen molar-refractivity contribution in [2.24, 2.45) is 0 Å². The summed E-state index contributed by atoms with van der Waals surface area (Å²) in [6.45, 7) is 3.82. The Balaban J connectivity index is 2.96. The van der Waals surface area contributed by atoms with Crippen LogP contribution < -0.4 is 4.74 Å². The number of rotatable bonds is 2. The molecule has 0 amide bonds. The Kier molecular flexibility index (Phi) is 2.23. The van der Waals surface area contributed by atoms with Gasteiger partial charge in [-0.2, -0.15) is 0 Å². The number of ether oxygens (including phenoxy) is 1. The number of hydrogen-bond acceptors (Lipinski definition) is 3. The van der Waals surface area contributed by atoms with E-state index in [9.17, 15) is 4.79 Å². The van der Waals surface area contributed by atoms with Gasteiger partial charge in [0, 0.05) is 16.5 Å². The highest BCUT2D eigenvalue weighted by Crippen LogP contribution is 2.34. The molecule has 0 aliphatic heterocycles. The van der Waals surface area contributed by atoms with E-state index in [1.54, 1.807) is 13.4 Å². The molecule has 0 saturated carbocycles. The van der Waals surface area contributed by atoms with Gasteiger partial charge in [0.15, 0.2) is 6.29 Å². The molecule has 2 aromatic rings. The Labute approximate surface area is 87.6 Å². The monoisotopic (exact) mass is 204 g/mol. The summed E-state index contributed by atoms with van der Waals surface area (Å²) in [5.41, 5.74) is 3.04. The van der Waals surface area contributed by atoms with Crippen molar-refractivity contribution in [1.29, 1.82) is 0 Å². The fourth-order valence-corrected chi connectivity index (χ4v) is 1.96. The van der Waals surface area contributed by atoms with Gasteiger partial charge in [-0.15, -0.1) is 0 Å². The van der Waals surface area contributed by atoms with E-state index in [0.29, 0.717) is 11.1 Å². The first-order valence-electron chi connectivity index (χ1n) is 4.70.